The molecule has 2 N–H and O–H groups in total. The summed E-state index contributed by atoms with van der Waals surface area (Å²) < 4.78 is 28.8. The van der Waals surface area contributed by atoms with E-state index in [0.717, 1.165) is 11.8 Å². The molecule has 0 spiro atoms. The number of anilines is 1. The van der Waals surface area contributed by atoms with E-state index >= 15 is 0 Å². The Morgan fingerprint density at radius 3 is 2.30 bits per heavy atom. The number of nitrogen functional groups attached to an aromatic ring is 1. The van der Waals surface area contributed by atoms with Gasteiger partial charge in [0, 0.05) is 17.5 Å². The van der Waals surface area contributed by atoms with Crippen molar-refractivity contribution in [1.82, 2.24) is 5.01 Å². The van der Waals surface area contributed by atoms with E-state index in [-0.39, 0.29) is 11.4 Å². The Morgan fingerprint density at radius 2 is 1.74 bits per heavy atom. The number of carbonyl (C=O) groups excluding carboxylic acids is 1. The van der Waals surface area contributed by atoms with Crippen LogP contribution in [-0.4, -0.2) is 37.6 Å². The Bertz CT molecular complexity index is 967. The van der Waals surface area contributed by atoms with Crippen molar-refractivity contribution in [3.05, 3.63) is 59.7 Å². The molecule has 0 saturated heterocycles. The van der Waals surface area contributed by atoms with Gasteiger partial charge in [0.1, 0.15) is 11.8 Å². The molecule has 1 aliphatic rings. The fourth-order valence-electron chi connectivity index (χ4n) is 2.76. The van der Waals surface area contributed by atoms with E-state index in [4.69, 9.17) is 10.5 Å². The molecule has 1 heterocycles. The number of hydrogen-bond donors (Lipinski definition) is 1. The molecule has 1 unspecified atom stereocenters. The predicted molar refractivity (Wildman–Crippen MR) is 103 cm³/mol. The van der Waals surface area contributed by atoms with Gasteiger partial charge in [0.15, 0.2) is 9.84 Å². The van der Waals surface area contributed by atoms with Crippen molar-refractivity contribution in [2.24, 2.45) is 5.10 Å². The molecular formula is C19H21N3O4S. The van der Waals surface area contributed by atoms with Crippen LogP contribution in [0.1, 0.15) is 24.5 Å². The second kappa shape index (κ2) is 7.40. The van der Waals surface area contributed by atoms with Gasteiger partial charge in [0.05, 0.1) is 11.4 Å². The maximum absolute atomic E-state index is 12.3. The first kappa shape index (κ1) is 18.9. The third-order valence-corrected chi connectivity index (χ3v) is 5.38. The summed E-state index contributed by atoms with van der Waals surface area (Å²) >= 11 is 0. The second-order valence-electron chi connectivity index (χ2n) is 6.36. The van der Waals surface area contributed by atoms with Crippen molar-refractivity contribution in [1.29, 1.82) is 0 Å². The number of hydrazone groups is 1. The largest absolute Gasteiger partial charge is 0.438 e. The normalized spacial score (nSPS) is 17.4. The molecule has 1 aliphatic heterocycles. The highest BCUT2D eigenvalue weighted by Crippen LogP contribution is 2.21. The molecule has 7 nitrogen and oxygen atoms in total. The highest BCUT2D eigenvalue weighted by Gasteiger charge is 2.30. The zero-order valence-corrected chi connectivity index (χ0v) is 15.9. The number of nitrogens with zero attached hydrogens (tertiary/aromatic N) is 2. The highest BCUT2D eigenvalue weighted by molar-refractivity contribution is 7.90. The van der Waals surface area contributed by atoms with Crippen LogP contribution in [0.3, 0.4) is 0 Å². The van der Waals surface area contributed by atoms with Crippen LogP contribution in [0.15, 0.2) is 58.5 Å². The average Bonchev–Trinajstić information content (AvgIpc) is 2.64. The summed E-state index contributed by atoms with van der Waals surface area (Å²) in [5, 5.41) is 5.75. The smallest absolute Gasteiger partial charge is 0.431 e. The minimum absolute atomic E-state index is 0.228. The van der Waals surface area contributed by atoms with Gasteiger partial charge >= 0.3 is 6.09 Å². The molecule has 1 atom stereocenters. The number of nitrogens with two attached hydrogens (primary N) is 1. The zero-order valence-electron chi connectivity index (χ0n) is 15.1. The molecule has 0 aromatic heterocycles. The number of rotatable bonds is 5. The molecule has 0 fully saturated rings. The maximum Gasteiger partial charge on any atom is 0.431 e. The molecule has 0 saturated carbocycles. The number of ether oxygens (including phenoxy) is 1. The van der Waals surface area contributed by atoms with Crippen molar-refractivity contribution in [2.45, 2.75) is 30.9 Å². The predicted octanol–water partition coefficient (Wildman–Crippen LogP) is 2.81. The Balaban J connectivity index is 1.92. The van der Waals surface area contributed by atoms with Gasteiger partial charge in [0.25, 0.3) is 0 Å². The summed E-state index contributed by atoms with van der Waals surface area (Å²) in [4.78, 5) is 12.5. The molecule has 0 bridgehead atoms. The lowest BCUT2D eigenvalue weighted by atomic mass is 10.0. The Labute approximate surface area is 158 Å². The quantitative estimate of drug-likeness (QED) is 0.795. The van der Waals surface area contributed by atoms with E-state index in [9.17, 15) is 13.2 Å². The van der Waals surface area contributed by atoms with Crippen molar-refractivity contribution in [2.75, 3.05) is 12.0 Å². The van der Waals surface area contributed by atoms with E-state index in [1.54, 1.807) is 24.3 Å². The fourth-order valence-corrected chi connectivity index (χ4v) is 3.39. The Morgan fingerprint density at radius 1 is 1.11 bits per heavy atom. The molecule has 2 aromatic rings. The number of sulfone groups is 1. The standard InChI is InChI=1S/C19H21N3O4S/c1-3-17-18(14-6-10-16(11-7-14)27(2,24)25)21-22(19(23)26-17)12-13-4-8-15(20)9-5-13/h4-11,17H,3,12,20H2,1-2H3. The highest BCUT2D eigenvalue weighted by atomic mass is 32.2. The van der Waals surface area contributed by atoms with Gasteiger partial charge in [-0.2, -0.15) is 10.1 Å². The molecule has 8 heteroatoms. The number of cyclic esters (lactones) is 1. The SMILES string of the molecule is CCC1OC(=O)N(Cc2ccc(N)cc2)N=C1c1ccc(S(C)(=O)=O)cc1. The summed E-state index contributed by atoms with van der Waals surface area (Å²) in [6, 6.07) is 13.6. The lowest BCUT2D eigenvalue weighted by Gasteiger charge is -2.29. The molecule has 3 rings (SSSR count). The fraction of sp³-hybridized carbons (Fsp3) is 0.263. The molecular weight excluding hydrogens is 366 g/mol. The van der Waals surface area contributed by atoms with Crippen molar-refractivity contribution in [3.8, 4) is 0 Å². The number of benzene rings is 2. The summed E-state index contributed by atoms with van der Waals surface area (Å²) in [5.41, 5.74) is 8.50. The van der Waals surface area contributed by atoms with E-state index < -0.39 is 22.0 Å². The minimum Gasteiger partial charge on any atom is -0.438 e. The van der Waals surface area contributed by atoms with Crippen LogP contribution in [0.2, 0.25) is 0 Å². The van der Waals surface area contributed by atoms with Gasteiger partial charge < -0.3 is 10.5 Å². The van der Waals surface area contributed by atoms with Crippen LogP contribution in [0.25, 0.3) is 0 Å². The van der Waals surface area contributed by atoms with Gasteiger partial charge in [-0.3, -0.25) is 0 Å². The third kappa shape index (κ3) is 4.28. The number of carbonyl (C=O) groups is 1. The van der Waals surface area contributed by atoms with Crippen molar-refractivity contribution >= 4 is 27.3 Å². The van der Waals surface area contributed by atoms with Gasteiger partial charge in [-0.25, -0.2) is 13.2 Å². The monoisotopic (exact) mass is 387 g/mol. The molecule has 0 aliphatic carbocycles. The van der Waals surface area contributed by atoms with E-state index in [2.05, 4.69) is 5.10 Å². The van der Waals surface area contributed by atoms with Crippen molar-refractivity contribution in [3.63, 3.8) is 0 Å². The van der Waals surface area contributed by atoms with Crippen LogP contribution in [0.4, 0.5) is 10.5 Å². The van der Waals surface area contributed by atoms with Gasteiger partial charge in [-0.15, -0.1) is 0 Å². The number of amides is 1. The molecule has 1 amide bonds. The number of hydrogen-bond acceptors (Lipinski definition) is 6. The molecule has 142 valence electrons. The van der Waals surface area contributed by atoms with Gasteiger partial charge in [-0.1, -0.05) is 31.2 Å². The lowest BCUT2D eigenvalue weighted by molar-refractivity contribution is 0.0712. The maximum atomic E-state index is 12.3. The molecule has 27 heavy (non-hydrogen) atoms. The average molecular weight is 387 g/mol. The summed E-state index contributed by atoms with van der Waals surface area (Å²) in [6.07, 6.45) is 0.721. The summed E-state index contributed by atoms with van der Waals surface area (Å²) in [7, 11) is -3.28. The van der Waals surface area contributed by atoms with Crippen LogP contribution in [0.5, 0.6) is 0 Å². The first-order chi connectivity index (χ1) is 12.8. The Hall–Kier alpha value is -2.87. The molecule has 2 aromatic carbocycles. The zero-order chi connectivity index (χ0) is 19.6. The van der Waals surface area contributed by atoms with Gasteiger partial charge in [0.2, 0.25) is 0 Å². The van der Waals surface area contributed by atoms with E-state index in [1.165, 1.54) is 17.1 Å². The van der Waals surface area contributed by atoms with Crippen LogP contribution < -0.4 is 5.73 Å². The first-order valence-electron chi connectivity index (χ1n) is 8.49. The van der Waals surface area contributed by atoms with Crippen LogP contribution in [-0.2, 0) is 21.1 Å². The minimum atomic E-state index is -3.28. The second-order valence-corrected chi connectivity index (χ2v) is 8.38. The third-order valence-electron chi connectivity index (χ3n) is 4.25. The van der Waals surface area contributed by atoms with E-state index in [0.29, 0.717) is 23.4 Å². The van der Waals surface area contributed by atoms with Crippen LogP contribution in [0, 0.1) is 0 Å². The first-order valence-corrected chi connectivity index (χ1v) is 10.4. The van der Waals surface area contributed by atoms with Crippen molar-refractivity contribution < 1.29 is 17.9 Å². The Kier molecular flexibility index (Phi) is 5.18. The van der Waals surface area contributed by atoms with Gasteiger partial charge in [-0.05, 0) is 36.2 Å². The van der Waals surface area contributed by atoms with E-state index in [1.807, 2.05) is 19.1 Å². The summed E-state index contributed by atoms with van der Waals surface area (Å²) in [5.74, 6) is 0. The molecule has 0 radical (unpaired) electrons. The summed E-state index contributed by atoms with van der Waals surface area (Å²) in [6.45, 7) is 2.15. The lowest BCUT2D eigenvalue weighted by Crippen LogP contribution is -2.41. The topological polar surface area (TPSA) is 102 Å². The van der Waals surface area contributed by atoms with Crippen LogP contribution >= 0.6 is 0 Å².